The number of aromatic nitrogens is 3. The van der Waals surface area contributed by atoms with Gasteiger partial charge in [-0.05, 0) is 62.3 Å². The molecule has 2 aliphatic rings. The van der Waals surface area contributed by atoms with E-state index >= 15 is 0 Å². The molecule has 180 valence electrons. The van der Waals surface area contributed by atoms with Crippen molar-refractivity contribution in [3.63, 3.8) is 0 Å². The number of hydrogen-bond donors (Lipinski definition) is 1. The van der Waals surface area contributed by atoms with E-state index in [0.717, 1.165) is 93.2 Å². The smallest absolute Gasteiger partial charge is 0.275 e. The molecule has 34 heavy (non-hydrogen) atoms. The van der Waals surface area contributed by atoms with E-state index in [1.165, 1.54) is 10.1 Å². The second kappa shape index (κ2) is 9.74. The molecule has 1 fully saturated rings. The van der Waals surface area contributed by atoms with Crippen LogP contribution in [-0.4, -0.2) is 52.3 Å². The molecule has 0 amide bonds. The monoisotopic (exact) mass is 460 g/mol. The lowest BCUT2D eigenvalue weighted by Gasteiger charge is -2.35. The zero-order valence-electron chi connectivity index (χ0n) is 20.4. The minimum atomic E-state index is -0.0443. The molecule has 7 heteroatoms. The topological polar surface area (TPSA) is 80.3 Å². The Bertz CT molecular complexity index is 1210. The summed E-state index contributed by atoms with van der Waals surface area (Å²) in [4.78, 5) is 27.3. The molecule has 2 unspecified atom stereocenters. The van der Waals surface area contributed by atoms with Crippen molar-refractivity contribution in [2.45, 2.75) is 46.0 Å². The molecule has 2 aromatic heterocycles. The Morgan fingerprint density at radius 2 is 1.71 bits per heavy atom. The van der Waals surface area contributed by atoms with Gasteiger partial charge in [0.2, 0.25) is 0 Å². The van der Waals surface area contributed by atoms with Crippen LogP contribution in [0.3, 0.4) is 0 Å². The summed E-state index contributed by atoms with van der Waals surface area (Å²) >= 11 is 0. The van der Waals surface area contributed by atoms with Gasteiger partial charge in [-0.3, -0.25) is 9.69 Å². The van der Waals surface area contributed by atoms with Crippen LogP contribution in [0.5, 0.6) is 0 Å². The van der Waals surface area contributed by atoms with Crippen LogP contribution < -0.4 is 16.3 Å². The highest BCUT2D eigenvalue weighted by Gasteiger charge is 2.27. The van der Waals surface area contributed by atoms with Crippen LogP contribution in [0.25, 0.3) is 10.9 Å². The first-order chi connectivity index (χ1) is 16.5. The molecule has 3 heterocycles. The zero-order valence-corrected chi connectivity index (χ0v) is 20.4. The van der Waals surface area contributed by atoms with Crippen molar-refractivity contribution in [1.29, 1.82) is 0 Å². The maximum atomic E-state index is 12.8. The van der Waals surface area contributed by atoms with E-state index in [1.54, 1.807) is 0 Å². The van der Waals surface area contributed by atoms with Gasteiger partial charge in [0.15, 0.2) is 0 Å². The molecule has 0 saturated carbocycles. The molecule has 1 aliphatic carbocycles. The number of nitrogens with two attached hydrogens (primary N) is 1. The number of nitrogens with zero attached hydrogens (tertiary/aromatic N) is 5. The predicted molar refractivity (Wildman–Crippen MR) is 138 cm³/mol. The van der Waals surface area contributed by atoms with E-state index in [4.69, 9.17) is 15.8 Å². The van der Waals surface area contributed by atoms with Crippen LogP contribution >= 0.6 is 0 Å². The molecule has 0 radical (unpaired) electrons. The average molecular weight is 461 g/mol. The first-order valence-electron chi connectivity index (χ1n) is 12.7. The lowest BCUT2D eigenvalue weighted by Crippen LogP contribution is -2.46. The van der Waals surface area contributed by atoms with Gasteiger partial charge in [-0.25, -0.2) is 14.6 Å². The highest BCUT2D eigenvalue weighted by atomic mass is 16.1. The van der Waals surface area contributed by atoms with Gasteiger partial charge in [-0.15, -0.1) is 0 Å². The molecule has 1 saturated heterocycles. The number of para-hydroxylation sites is 1. The number of anilines is 1. The fourth-order valence-corrected chi connectivity index (χ4v) is 5.29. The maximum absolute atomic E-state index is 12.8. The van der Waals surface area contributed by atoms with E-state index in [1.807, 2.05) is 6.07 Å². The number of unbranched alkanes of at least 4 members (excludes halogenated alkanes) is 1. The summed E-state index contributed by atoms with van der Waals surface area (Å²) < 4.78 is 1.30. The van der Waals surface area contributed by atoms with Crippen LogP contribution in [0.1, 0.15) is 43.8 Å². The molecule has 7 nitrogen and oxygen atoms in total. The minimum absolute atomic E-state index is 0.0443. The number of fused-ring (bicyclic) bond motifs is 2. The normalized spacial score (nSPS) is 21.1. The van der Waals surface area contributed by atoms with Crippen molar-refractivity contribution >= 4 is 16.7 Å². The van der Waals surface area contributed by atoms with E-state index < -0.39 is 0 Å². The number of hydrogen-bond acceptors (Lipinski definition) is 6. The summed E-state index contributed by atoms with van der Waals surface area (Å²) in [6.07, 6.45) is 4.50. The predicted octanol–water partition coefficient (Wildman–Crippen LogP) is 3.02. The fraction of sp³-hybridized carbons (Fsp3) is 0.519. The van der Waals surface area contributed by atoms with Gasteiger partial charge < -0.3 is 10.7 Å². The van der Waals surface area contributed by atoms with Crippen LogP contribution in [0.15, 0.2) is 41.2 Å². The first kappa shape index (κ1) is 22.8. The zero-order chi connectivity index (χ0) is 23.7. The third-order valence-corrected chi connectivity index (χ3v) is 7.78. The lowest BCUT2D eigenvalue weighted by atomic mass is 9.80. The second-order valence-corrected chi connectivity index (χ2v) is 10.1. The molecule has 3 aromatic rings. The van der Waals surface area contributed by atoms with E-state index in [0.29, 0.717) is 11.8 Å². The van der Waals surface area contributed by atoms with Crippen LogP contribution in [0.2, 0.25) is 0 Å². The van der Waals surface area contributed by atoms with Crippen molar-refractivity contribution in [3.8, 4) is 0 Å². The van der Waals surface area contributed by atoms with Gasteiger partial charge in [-0.2, -0.15) is 0 Å². The van der Waals surface area contributed by atoms with Crippen LogP contribution in [0.4, 0.5) is 5.82 Å². The van der Waals surface area contributed by atoms with Gasteiger partial charge in [0.25, 0.3) is 5.56 Å². The summed E-state index contributed by atoms with van der Waals surface area (Å²) in [7, 11) is 0. The molecule has 1 aliphatic heterocycles. The van der Waals surface area contributed by atoms with Crippen molar-refractivity contribution < 1.29 is 0 Å². The van der Waals surface area contributed by atoms with Crippen molar-refractivity contribution in [1.82, 2.24) is 19.5 Å². The minimum Gasteiger partial charge on any atom is -0.354 e. The molecule has 0 bridgehead atoms. The Morgan fingerprint density at radius 3 is 2.53 bits per heavy atom. The number of nitrogen functional groups attached to an aromatic ring is 1. The summed E-state index contributed by atoms with van der Waals surface area (Å²) in [6.45, 7) is 9.60. The largest absolute Gasteiger partial charge is 0.354 e. The molecule has 5 rings (SSSR count). The van der Waals surface area contributed by atoms with Gasteiger partial charge in [0.1, 0.15) is 11.6 Å². The Balaban J connectivity index is 1.11. The Labute approximate surface area is 201 Å². The van der Waals surface area contributed by atoms with Crippen molar-refractivity contribution in [2.75, 3.05) is 43.5 Å². The maximum Gasteiger partial charge on any atom is 0.275 e. The number of piperazine rings is 1. The summed E-state index contributed by atoms with van der Waals surface area (Å²) in [6, 6.07) is 12.6. The average Bonchev–Trinajstić information content (AvgIpc) is 2.86. The molecular weight excluding hydrogens is 424 g/mol. The summed E-state index contributed by atoms with van der Waals surface area (Å²) in [5.74, 6) is 9.01. The fourth-order valence-electron chi connectivity index (χ4n) is 5.29. The van der Waals surface area contributed by atoms with Gasteiger partial charge in [-0.1, -0.05) is 32.0 Å². The van der Waals surface area contributed by atoms with Gasteiger partial charge in [0, 0.05) is 43.5 Å². The molecule has 2 atom stereocenters. The van der Waals surface area contributed by atoms with Crippen molar-refractivity contribution in [3.05, 3.63) is 63.8 Å². The quantitative estimate of drug-likeness (QED) is 0.450. The highest BCUT2D eigenvalue weighted by Crippen LogP contribution is 2.27. The number of rotatable bonds is 6. The second-order valence-electron chi connectivity index (χ2n) is 10.1. The Morgan fingerprint density at radius 1 is 0.941 bits per heavy atom. The first-order valence-corrected chi connectivity index (χ1v) is 12.7. The van der Waals surface area contributed by atoms with Gasteiger partial charge in [0.05, 0.1) is 11.2 Å². The summed E-state index contributed by atoms with van der Waals surface area (Å²) in [5, 5.41) is 1.19. The van der Waals surface area contributed by atoms with E-state index in [9.17, 15) is 4.79 Å². The standard InChI is InChI=1S/C27H36N6O/c1-19-17-22-24(18-20(19)2)30-26(33(28)27(22)34)9-5-6-12-31-13-15-32(16-14-31)25-11-10-21-7-3-4-8-23(21)29-25/h3-4,7-8,10-11,19-20H,5-6,9,12-18,28H2,1-2H3. The third kappa shape index (κ3) is 4.67. The van der Waals surface area contributed by atoms with Crippen LogP contribution in [-0.2, 0) is 19.3 Å². The lowest BCUT2D eigenvalue weighted by molar-refractivity contribution is 0.252. The molecule has 1 aromatic carbocycles. The third-order valence-electron chi connectivity index (χ3n) is 7.78. The molecule has 0 spiro atoms. The van der Waals surface area contributed by atoms with Gasteiger partial charge >= 0.3 is 0 Å². The Hall–Kier alpha value is -2.93. The SMILES string of the molecule is CC1Cc2nc(CCCCN3CCN(c4ccc5ccccc5n4)CC3)n(N)c(=O)c2CC1C. The molecule has 2 N–H and O–H groups in total. The summed E-state index contributed by atoms with van der Waals surface area (Å²) in [5.41, 5.74) is 2.82. The van der Waals surface area contributed by atoms with Crippen molar-refractivity contribution in [2.24, 2.45) is 11.8 Å². The van der Waals surface area contributed by atoms with E-state index in [2.05, 4.69) is 54.0 Å². The molecular formula is C27H36N6O. The van der Waals surface area contributed by atoms with E-state index in [-0.39, 0.29) is 5.56 Å². The number of aryl methyl sites for hydroxylation is 1. The Kier molecular flexibility index (Phi) is 6.55. The number of benzene rings is 1. The highest BCUT2D eigenvalue weighted by molar-refractivity contribution is 5.80. The van der Waals surface area contributed by atoms with Crippen LogP contribution in [0, 0.1) is 11.8 Å². The number of pyridine rings is 1.